The number of unbranched alkanes of at least 4 members (excludes halogenated alkanes) is 4. The van der Waals surface area contributed by atoms with Crippen molar-refractivity contribution in [1.29, 1.82) is 0 Å². The van der Waals surface area contributed by atoms with Crippen molar-refractivity contribution in [3.8, 4) is 0 Å². The van der Waals surface area contributed by atoms with Gasteiger partial charge in [-0.1, -0.05) is 44.4 Å². The Balaban J connectivity index is 2.36. The molecule has 7 nitrogen and oxygen atoms in total. The third-order valence-corrected chi connectivity index (χ3v) is 4.74. The summed E-state index contributed by atoms with van der Waals surface area (Å²) in [5.41, 5.74) is -0.0374. The van der Waals surface area contributed by atoms with Gasteiger partial charge in [-0.05, 0) is 6.42 Å². The Bertz CT molecular complexity index is 762. The zero-order valence-corrected chi connectivity index (χ0v) is 14.5. The van der Waals surface area contributed by atoms with Crippen molar-refractivity contribution in [2.75, 3.05) is 12.4 Å². The fourth-order valence-corrected chi connectivity index (χ4v) is 3.31. The van der Waals surface area contributed by atoms with Gasteiger partial charge in [0.1, 0.15) is 0 Å². The highest BCUT2D eigenvalue weighted by Gasteiger charge is 2.17. The standard InChI is InChI=1S/C15H24N4O3S/c1-3-4-5-6-7-8-19-11-12(16-15(19)23-10-9-20)18(2)14(22)17-13(11)21/h20H,3-10H2,1-2H3,(H,17,21,22). The molecular formula is C15H24N4O3S. The highest BCUT2D eigenvalue weighted by atomic mass is 32.2. The number of hydrogen-bond acceptors (Lipinski definition) is 5. The topological polar surface area (TPSA) is 92.9 Å². The zero-order chi connectivity index (χ0) is 16.8. The fourth-order valence-electron chi connectivity index (χ4n) is 2.54. The average Bonchev–Trinajstić information content (AvgIpc) is 2.90. The Labute approximate surface area is 138 Å². The van der Waals surface area contributed by atoms with E-state index in [9.17, 15) is 9.59 Å². The number of aliphatic hydroxyl groups is 1. The molecular weight excluding hydrogens is 316 g/mol. The highest BCUT2D eigenvalue weighted by molar-refractivity contribution is 7.99. The van der Waals surface area contributed by atoms with Crippen LogP contribution in [0.2, 0.25) is 0 Å². The summed E-state index contributed by atoms with van der Waals surface area (Å²) >= 11 is 1.40. The van der Waals surface area contributed by atoms with Crippen LogP contribution in [-0.2, 0) is 13.6 Å². The number of thioether (sulfide) groups is 1. The lowest BCUT2D eigenvalue weighted by molar-refractivity contribution is 0.322. The van der Waals surface area contributed by atoms with Crippen LogP contribution in [0.5, 0.6) is 0 Å². The molecule has 8 heteroatoms. The van der Waals surface area contributed by atoms with Gasteiger partial charge >= 0.3 is 5.69 Å². The highest BCUT2D eigenvalue weighted by Crippen LogP contribution is 2.22. The van der Waals surface area contributed by atoms with Gasteiger partial charge in [0.25, 0.3) is 5.56 Å². The van der Waals surface area contributed by atoms with Crippen molar-refractivity contribution < 1.29 is 5.11 Å². The molecule has 2 rings (SSSR count). The van der Waals surface area contributed by atoms with E-state index in [0.29, 0.717) is 28.6 Å². The van der Waals surface area contributed by atoms with Crippen molar-refractivity contribution in [3.63, 3.8) is 0 Å². The summed E-state index contributed by atoms with van der Waals surface area (Å²) in [5, 5.41) is 9.72. The maximum atomic E-state index is 12.2. The number of nitrogens with one attached hydrogen (secondary N) is 1. The monoisotopic (exact) mass is 340 g/mol. The Hall–Kier alpha value is -1.54. The number of hydrogen-bond donors (Lipinski definition) is 2. The Morgan fingerprint density at radius 2 is 1.96 bits per heavy atom. The molecule has 0 aliphatic carbocycles. The van der Waals surface area contributed by atoms with Gasteiger partial charge < -0.3 is 9.67 Å². The first kappa shape index (κ1) is 17.8. The van der Waals surface area contributed by atoms with Gasteiger partial charge in [-0.2, -0.15) is 0 Å². The van der Waals surface area contributed by atoms with Crippen molar-refractivity contribution >= 4 is 22.9 Å². The minimum atomic E-state index is -0.464. The number of aryl methyl sites for hydroxylation is 2. The lowest BCUT2D eigenvalue weighted by atomic mass is 10.1. The van der Waals surface area contributed by atoms with Crippen molar-refractivity contribution in [2.45, 2.75) is 50.7 Å². The van der Waals surface area contributed by atoms with Crippen LogP contribution >= 0.6 is 11.8 Å². The van der Waals surface area contributed by atoms with Crippen molar-refractivity contribution in [2.24, 2.45) is 7.05 Å². The molecule has 0 unspecified atom stereocenters. The molecule has 128 valence electrons. The minimum absolute atomic E-state index is 0.0413. The van der Waals surface area contributed by atoms with Crippen LogP contribution in [0.4, 0.5) is 0 Å². The van der Waals surface area contributed by atoms with E-state index >= 15 is 0 Å². The summed E-state index contributed by atoms with van der Waals surface area (Å²) in [7, 11) is 1.60. The SMILES string of the molecule is CCCCCCCn1c(SCCO)nc2c1c(=O)[nH]c(=O)n2C. The Morgan fingerprint density at radius 1 is 1.22 bits per heavy atom. The second kappa shape index (κ2) is 8.35. The second-order valence-corrected chi connectivity index (χ2v) is 6.58. The number of aromatic amines is 1. The molecule has 0 radical (unpaired) electrons. The number of imidazole rings is 1. The number of nitrogens with zero attached hydrogens (tertiary/aromatic N) is 3. The number of fused-ring (bicyclic) bond motifs is 1. The summed E-state index contributed by atoms with van der Waals surface area (Å²) < 4.78 is 3.23. The van der Waals surface area contributed by atoms with Crippen LogP contribution in [0.3, 0.4) is 0 Å². The summed E-state index contributed by atoms with van der Waals surface area (Å²) in [6.07, 6.45) is 5.64. The molecule has 0 aliphatic heterocycles. The molecule has 0 spiro atoms. The van der Waals surface area contributed by atoms with Crippen LogP contribution in [0, 0.1) is 0 Å². The van der Waals surface area contributed by atoms with Crippen LogP contribution in [0.15, 0.2) is 14.7 Å². The average molecular weight is 340 g/mol. The molecule has 2 aromatic heterocycles. The quantitative estimate of drug-likeness (QED) is 0.533. The third-order valence-electron chi connectivity index (χ3n) is 3.78. The molecule has 0 saturated carbocycles. The van der Waals surface area contributed by atoms with E-state index in [1.54, 1.807) is 7.05 Å². The van der Waals surface area contributed by atoms with E-state index in [1.807, 2.05) is 4.57 Å². The molecule has 2 N–H and O–H groups in total. The number of rotatable bonds is 9. The van der Waals surface area contributed by atoms with E-state index < -0.39 is 11.2 Å². The van der Waals surface area contributed by atoms with Crippen LogP contribution in [-0.4, -0.2) is 36.6 Å². The van der Waals surface area contributed by atoms with Crippen molar-refractivity contribution in [3.05, 3.63) is 20.8 Å². The summed E-state index contributed by atoms with van der Waals surface area (Å²) in [5.74, 6) is 0.505. The van der Waals surface area contributed by atoms with Gasteiger partial charge in [0.05, 0.1) is 6.61 Å². The molecule has 23 heavy (non-hydrogen) atoms. The van der Waals surface area contributed by atoms with E-state index in [2.05, 4.69) is 16.9 Å². The van der Waals surface area contributed by atoms with Crippen LogP contribution in [0.1, 0.15) is 39.0 Å². The van der Waals surface area contributed by atoms with E-state index in [4.69, 9.17) is 5.11 Å². The van der Waals surface area contributed by atoms with Gasteiger partial charge in [0.2, 0.25) is 0 Å². The molecule has 0 saturated heterocycles. The molecule has 2 heterocycles. The summed E-state index contributed by atoms with van der Waals surface area (Å²) in [6, 6.07) is 0. The maximum Gasteiger partial charge on any atom is 0.329 e. The van der Waals surface area contributed by atoms with Crippen molar-refractivity contribution in [1.82, 2.24) is 19.1 Å². The number of aromatic nitrogens is 4. The molecule has 0 aliphatic rings. The Kier molecular flexibility index (Phi) is 6.47. The van der Waals surface area contributed by atoms with Gasteiger partial charge in [0, 0.05) is 19.3 Å². The minimum Gasteiger partial charge on any atom is -0.396 e. The van der Waals surface area contributed by atoms with E-state index in [1.165, 1.54) is 35.6 Å². The number of H-pyrrole nitrogens is 1. The lowest BCUT2D eigenvalue weighted by Crippen LogP contribution is -2.29. The second-order valence-electron chi connectivity index (χ2n) is 5.52. The first-order chi connectivity index (χ1) is 11.1. The van der Waals surface area contributed by atoms with Gasteiger partial charge in [0.15, 0.2) is 16.3 Å². The van der Waals surface area contributed by atoms with Gasteiger partial charge in [-0.25, -0.2) is 9.78 Å². The molecule has 2 aromatic rings. The smallest absolute Gasteiger partial charge is 0.329 e. The van der Waals surface area contributed by atoms with E-state index in [-0.39, 0.29) is 6.61 Å². The molecule has 0 fully saturated rings. The predicted octanol–water partition coefficient (Wildman–Crippen LogP) is 1.48. The predicted molar refractivity (Wildman–Crippen MR) is 92.2 cm³/mol. The van der Waals surface area contributed by atoms with Crippen LogP contribution < -0.4 is 11.2 Å². The third kappa shape index (κ3) is 4.06. The molecule has 0 amide bonds. The Morgan fingerprint density at radius 3 is 2.65 bits per heavy atom. The largest absolute Gasteiger partial charge is 0.396 e. The fraction of sp³-hybridized carbons (Fsp3) is 0.667. The first-order valence-corrected chi connectivity index (χ1v) is 9.02. The molecule has 0 bridgehead atoms. The summed E-state index contributed by atoms with van der Waals surface area (Å²) in [6.45, 7) is 2.90. The molecule has 0 aromatic carbocycles. The maximum absolute atomic E-state index is 12.2. The first-order valence-electron chi connectivity index (χ1n) is 8.03. The van der Waals surface area contributed by atoms with Gasteiger partial charge in [-0.3, -0.25) is 14.3 Å². The van der Waals surface area contributed by atoms with Crippen LogP contribution in [0.25, 0.3) is 11.2 Å². The lowest BCUT2D eigenvalue weighted by Gasteiger charge is -2.08. The van der Waals surface area contributed by atoms with Gasteiger partial charge in [-0.15, -0.1) is 0 Å². The summed E-state index contributed by atoms with van der Waals surface area (Å²) in [4.78, 5) is 30.7. The zero-order valence-electron chi connectivity index (χ0n) is 13.7. The normalized spacial score (nSPS) is 11.4. The molecule has 0 atom stereocenters. The van der Waals surface area contributed by atoms with E-state index in [0.717, 1.165) is 12.8 Å². The number of aliphatic hydroxyl groups excluding tert-OH is 1.